The Morgan fingerprint density at radius 3 is 2.43 bits per heavy atom. The Morgan fingerprint density at radius 2 is 1.91 bits per heavy atom. The van der Waals surface area contributed by atoms with Gasteiger partial charge < -0.3 is 10.4 Å². The van der Waals surface area contributed by atoms with Crippen molar-refractivity contribution >= 4 is 35.9 Å². The van der Waals surface area contributed by atoms with Crippen LogP contribution < -0.4 is 5.32 Å². The number of nitrogens with one attached hydrogen (secondary N) is 1. The SMILES string of the molecule is CC(NC(=O)C(C)N1CCC(C(=O)O)C1)c1ccc(Cl)cc1.Cl. The van der Waals surface area contributed by atoms with E-state index < -0.39 is 5.97 Å². The van der Waals surface area contributed by atoms with Crippen molar-refractivity contribution in [1.29, 1.82) is 0 Å². The summed E-state index contributed by atoms with van der Waals surface area (Å²) in [5.74, 6) is -1.25. The van der Waals surface area contributed by atoms with Gasteiger partial charge in [0.15, 0.2) is 0 Å². The summed E-state index contributed by atoms with van der Waals surface area (Å²) in [4.78, 5) is 25.2. The molecule has 3 atom stereocenters. The molecule has 5 nitrogen and oxygen atoms in total. The number of carboxylic acids is 1. The quantitative estimate of drug-likeness (QED) is 0.846. The molecule has 1 aromatic carbocycles. The second-order valence-corrected chi connectivity index (χ2v) is 6.21. The highest BCUT2D eigenvalue weighted by atomic mass is 35.5. The number of halogens is 2. The van der Waals surface area contributed by atoms with E-state index in [1.54, 1.807) is 12.1 Å². The Labute approximate surface area is 147 Å². The number of carboxylic acid groups (broad SMARTS) is 1. The third kappa shape index (κ3) is 5.09. The van der Waals surface area contributed by atoms with E-state index in [0.29, 0.717) is 24.5 Å². The van der Waals surface area contributed by atoms with Crippen LogP contribution in [0.3, 0.4) is 0 Å². The molecule has 128 valence electrons. The molecular formula is C16H22Cl2N2O3. The van der Waals surface area contributed by atoms with Gasteiger partial charge in [0, 0.05) is 11.6 Å². The molecule has 0 aromatic heterocycles. The number of amides is 1. The fourth-order valence-electron chi connectivity index (χ4n) is 2.68. The van der Waals surface area contributed by atoms with Gasteiger partial charge in [0.05, 0.1) is 18.0 Å². The number of carbonyl (C=O) groups excluding carboxylic acids is 1. The van der Waals surface area contributed by atoms with Gasteiger partial charge in [0.2, 0.25) is 5.91 Å². The number of hydrogen-bond acceptors (Lipinski definition) is 3. The molecule has 0 bridgehead atoms. The third-order valence-corrected chi connectivity index (χ3v) is 4.48. The Hall–Kier alpha value is -1.30. The van der Waals surface area contributed by atoms with E-state index in [9.17, 15) is 9.59 Å². The smallest absolute Gasteiger partial charge is 0.307 e. The van der Waals surface area contributed by atoms with E-state index in [0.717, 1.165) is 5.56 Å². The summed E-state index contributed by atoms with van der Waals surface area (Å²) < 4.78 is 0. The molecule has 1 heterocycles. The predicted octanol–water partition coefficient (Wildman–Crippen LogP) is 2.73. The molecule has 1 aromatic rings. The molecule has 1 amide bonds. The Bertz CT molecular complexity index is 551. The number of rotatable bonds is 5. The van der Waals surface area contributed by atoms with Crippen molar-refractivity contribution in [1.82, 2.24) is 10.2 Å². The maximum atomic E-state index is 12.3. The second-order valence-electron chi connectivity index (χ2n) is 5.78. The first-order valence-corrected chi connectivity index (χ1v) is 7.79. The molecule has 23 heavy (non-hydrogen) atoms. The average molecular weight is 361 g/mol. The van der Waals surface area contributed by atoms with Gasteiger partial charge in [-0.25, -0.2) is 0 Å². The van der Waals surface area contributed by atoms with E-state index in [2.05, 4.69) is 5.32 Å². The maximum Gasteiger partial charge on any atom is 0.307 e. The van der Waals surface area contributed by atoms with Crippen LogP contribution in [0, 0.1) is 5.92 Å². The fraction of sp³-hybridized carbons (Fsp3) is 0.500. The van der Waals surface area contributed by atoms with Gasteiger partial charge in [0.25, 0.3) is 0 Å². The molecule has 1 saturated heterocycles. The van der Waals surface area contributed by atoms with E-state index >= 15 is 0 Å². The van der Waals surface area contributed by atoms with Crippen molar-refractivity contribution in [3.05, 3.63) is 34.9 Å². The lowest BCUT2D eigenvalue weighted by Crippen LogP contribution is -2.45. The van der Waals surface area contributed by atoms with E-state index in [-0.39, 0.29) is 36.3 Å². The lowest BCUT2D eigenvalue weighted by Gasteiger charge is -2.25. The van der Waals surface area contributed by atoms with E-state index in [4.69, 9.17) is 16.7 Å². The Balaban J connectivity index is 0.00000264. The number of hydrogen-bond donors (Lipinski definition) is 2. The minimum Gasteiger partial charge on any atom is -0.481 e. The van der Waals surface area contributed by atoms with E-state index in [1.165, 1.54) is 0 Å². The van der Waals surface area contributed by atoms with Gasteiger partial charge >= 0.3 is 5.97 Å². The molecule has 7 heteroatoms. The molecule has 2 N–H and O–H groups in total. The molecule has 0 aliphatic carbocycles. The lowest BCUT2D eigenvalue weighted by atomic mass is 10.1. The van der Waals surface area contributed by atoms with Crippen LogP contribution in [0.15, 0.2) is 24.3 Å². The first-order valence-electron chi connectivity index (χ1n) is 7.41. The third-order valence-electron chi connectivity index (χ3n) is 4.22. The topological polar surface area (TPSA) is 69.6 Å². The van der Waals surface area contributed by atoms with Crippen LogP contribution in [-0.4, -0.2) is 41.0 Å². The van der Waals surface area contributed by atoms with Crippen LogP contribution in [0.25, 0.3) is 0 Å². The number of carbonyl (C=O) groups is 2. The summed E-state index contributed by atoms with van der Waals surface area (Å²) in [6.07, 6.45) is 0.597. The zero-order valence-electron chi connectivity index (χ0n) is 13.2. The summed E-state index contributed by atoms with van der Waals surface area (Å²) in [7, 11) is 0. The van der Waals surface area contributed by atoms with Crippen molar-refractivity contribution in [2.45, 2.75) is 32.4 Å². The first-order chi connectivity index (χ1) is 10.4. The van der Waals surface area contributed by atoms with Crippen molar-refractivity contribution in [3.63, 3.8) is 0 Å². The molecule has 1 fully saturated rings. The van der Waals surface area contributed by atoms with Crippen molar-refractivity contribution in [2.24, 2.45) is 5.92 Å². The molecule has 1 aliphatic heterocycles. The van der Waals surface area contributed by atoms with Crippen LogP contribution >= 0.6 is 24.0 Å². The summed E-state index contributed by atoms with van der Waals surface area (Å²) in [5, 5.41) is 12.7. The number of benzene rings is 1. The summed E-state index contributed by atoms with van der Waals surface area (Å²) in [6, 6.07) is 6.90. The van der Waals surface area contributed by atoms with Crippen molar-refractivity contribution in [2.75, 3.05) is 13.1 Å². The van der Waals surface area contributed by atoms with Crippen LogP contribution in [-0.2, 0) is 9.59 Å². The van der Waals surface area contributed by atoms with Crippen LogP contribution in [0.2, 0.25) is 5.02 Å². The predicted molar refractivity (Wildman–Crippen MR) is 92.0 cm³/mol. The average Bonchev–Trinajstić information content (AvgIpc) is 2.97. The molecule has 3 unspecified atom stereocenters. The number of likely N-dealkylation sites (tertiary alicyclic amines) is 1. The fourth-order valence-corrected chi connectivity index (χ4v) is 2.80. The minimum absolute atomic E-state index is 0. The lowest BCUT2D eigenvalue weighted by molar-refractivity contribution is -0.141. The number of nitrogens with zero attached hydrogens (tertiary/aromatic N) is 1. The highest BCUT2D eigenvalue weighted by Gasteiger charge is 2.33. The summed E-state index contributed by atoms with van der Waals surface area (Å²) in [6.45, 7) is 4.80. The molecule has 0 saturated carbocycles. The molecule has 1 aliphatic rings. The summed E-state index contributed by atoms with van der Waals surface area (Å²) >= 11 is 5.86. The van der Waals surface area contributed by atoms with E-state index in [1.807, 2.05) is 30.9 Å². The van der Waals surface area contributed by atoms with Gasteiger partial charge in [-0.1, -0.05) is 23.7 Å². The standard InChI is InChI=1S/C16H21ClN2O3.ClH/c1-10(12-3-5-14(17)6-4-12)18-15(20)11(2)19-8-7-13(9-19)16(21)22;/h3-6,10-11,13H,7-9H2,1-2H3,(H,18,20)(H,21,22);1H. The zero-order valence-corrected chi connectivity index (χ0v) is 14.7. The first kappa shape index (κ1) is 19.7. The highest BCUT2D eigenvalue weighted by molar-refractivity contribution is 6.30. The molecule has 0 spiro atoms. The van der Waals surface area contributed by atoms with Crippen molar-refractivity contribution < 1.29 is 14.7 Å². The largest absolute Gasteiger partial charge is 0.481 e. The van der Waals surface area contributed by atoms with Gasteiger partial charge in [-0.3, -0.25) is 14.5 Å². The Kier molecular flexibility index (Phi) is 7.32. The van der Waals surface area contributed by atoms with Gasteiger partial charge in [-0.05, 0) is 44.5 Å². The van der Waals surface area contributed by atoms with Crippen LogP contribution in [0.5, 0.6) is 0 Å². The Morgan fingerprint density at radius 1 is 1.30 bits per heavy atom. The minimum atomic E-state index is -0.787. The van der Waals surface area contributed by atoms with Crippen LogP contribution in [0.1, 0.15) is 31.9 Å². The molecular weight excluding hydrogens is 339 g/mol. The van der Waals surface area contributed by atoms with Gasteiger partial charge in [0.1, 0.15) is 0 Å². The number of aliphatic carboxylic acids is 1. The summed E-state index contributed by atoms with van der Waals surface area (Å²) in [5.41, 5.74) is 0.981. The maximum absolute atomic E-state index is 12.3. The monoisotopic (exact) mass is 360 g/mol. The second kappa shape index (κ2) is 8.52. The zero-order chi connectivity index (χ0) is 16.3. The normalized spacial score (nSPS) is 20.4. The van der Waals surface area contributed by atoms with Crippen LogP contribution in [0.4, 0.5) is 0 Å². The van der Waals surface area contributed by atoms with Gasteiger partial charge in [-0.2, -0.15) is 0 Å². The van der Waals surface area contributed by atoms with Gasteiger partial charge in [-0.15, -0.1) is 12.4 Å². The molecule has 2 rings (SSSR count). The van der Waals surface area contributed by atoms with Crippen molar-refractivity contribution in [3.8, 4) is 0 Å². The highest BCUT2D eigenvalue weighted by Crippen LogP contribution is 2.20. The molecule has 0 radical (unpaired) electrons.